The third-order valence-corrected chi connectivity index (χ3v) is 4.06. The standard InChI is InChI=1S/C19H19FO4/c20-15-8-6-14(7-9-15)16(21)10-18-19(17(22)12-23-18)24-11-13-4-2-1-3-5-13/h1-9,17-19,22H,10-12H2/t17-,18+,19-/m1/s1. The van der Waals surface area contributed by atoms with Gasteiger partial charge in [0.15, 0.2) is 5.78 Å². The fourth-order valence-corrected chi connectivity index (χ4v) is 2.76. The van der Waals surface area contributed by atoms with Gasteiger partial charge in [0.25, 0.3) is 0 Å². The molecule has 0 unspecified atom stereocenters. The van der Waals surface area contributed by atoms with E-state index in [2.05, 4.69) is 0 Å². The maximum absolute atomic E-state index is 12.9. The smallest absolute Gasteiger partial charge is 0.165 e. The number of benzene rings is 2. The first kappa shape index (κ1) is 16.8. The summed E-state index contributed by atoms with van der Waals surface area (Å²) in [5.41, 5.74) is 1.41. The van der Waals surface area contributed by atoms with Gasteiger partial charge in [0.2, 0.25) is 0 Å². The lowest BCUT2D eigenvalue weighted by Gasteiger charge is -2.20. The van der Waals surface area contributed by atoms with E-state index >= 15 is 0 Å². The monoisotopic (exact) mass is 330 g/mol. The highest BCUT2D eigenvalue weighted by molar-refractivity contribution is 5.96. The van der Waals surface area contributed by atoms with Crippen LogP contribution in [0, 0.1) is 5.82 Å². The van der Waals surface area contributed by atoms with Crippen LogP contribution in [0.1, 0.15) is 22.3 Å². The van der Waals surface area contributed by atoms with Crippen molar-refractivity contribution in [3.63, 3.8) is 0 Å². The maximum atomic E-state index is 12.9. The Kier molecular flexibility index (Phi) is 5.35. The number of hydrogen-bond acceptors (Lipinski definition) is 4. The van der Waals surface area contributed by atoms with Crippen LogP contribution < -0.4 is 0 Å². The van der Waals surface area contributed by atoms with Crippen LogP contribution in [0.2, 0.25) is 0 Å². The minimum absolute atomic E-state index is 0.0855. The van der Waals surface area contributed by atoms with Crippen molar-refractivity contribution in [2.75, 3.05) is 6.61 Å². The third kappa shape index (κ3) is 4.06. The van der Waals surface area contributed by atoms with E-state index in [1.54, 1.807) is 0 Å². The number of Topliss-reactive ketones (excluding diaryl/α,β-unsaturated/α-hetero) is 1. The molecule has 24 heavy (non-hydrogen) atoms. The van der Waals surface area contributed by atoms with Crippen LogP contribution in [0.3, 0.4) is 0 Å². The summed E-state index contributed by atoms with van der Waals surface area (Å²) in [7, 11) is 0. The van der Waals surface area contributed by atoms with Crippen LogP contribution in [0.15, 0.2) is 54.6 Å². The number of halogens is 1. The van der Waals surface area contributed by atoms with Crippen molar-refractivity contribution < 1.29 is 23.8 Å². The molecule has 3 atom stereocenters. The van der Waals surface area contributed by atoms with Crippen molar-refractivity contribution in [2.45, 2.75) is 31.3 Å². The average molecular weight is 330 g/mol. The Bertz CT molecular complexity index is 672. The molecular weight excluding hydrogens is 311 g/mol. The van der Waals surface area contributed by atoms with Crippen molar-refractivity contribution in [1.29, 1.82) is 0 Å². The van der Waals surface area contributed by atoms with E-state index in [1.807, 2.05) is 30.3 Å². The number of aliphatic hydroxyl groups excluding tert-OH is 1. The highest BCUT2D eigenvalue weighted by atomic mass is 19.1. The van der Waals surface area contributed by atoms with Gasteiger partial charge in [0.05, 0.1) is 19.3 Å². The summed E-state index contributed by atoms with van der Waals surface area (Å²) in [5.74, 6) is -0.550. The Morgan fingerprint density at radius 3 is 2.58 bits per heavy atom. The van der Waals surface area contributed by atoms with E-state index in [0.717, 1.165) is 5.56 Å². The topological polar surface area (TPSA) is 55.8 Å². The van der Waals surface area contributed by atoms with Gasteiger partial charge in [-0.15, -0.1) is 0 Å². The van der Waals surface area contributed by atoms with Gasteiger partial charge in [-0.2, -0.15) is 0 Å². The van der Waals surface area contributed by atoms with Crippen molar-refractivity contribution in [2.24, 2.45) is 0 Å². The van der Waals surface area contributed by atoms with Gasteiger partial charge in [-0.05, 0) is 29.8 Å². The SMILES string of the molecule is O=C(C[C@@H]1OC[C@@H](O)[C@H]1OCc1ccccc1)c1ccc(F)cc1. The van der Waals surface area contributed by atoms with Crippen LogP contribution in [-0.4, -0.2) is 35.8 Å². The third-order valence-electron chi connectivity index (χ3n) is 4.06. The van der Waals surface area contributed by atoms with E-state index in [1.165, 1.54) is 24.3 Å². The van der Waals surface area contributed by atoms with Gasteiger partial charge in [-0.1, -0.05) is 30.3 Å². The Morgan fingerprint density at radius 2 is 1.88 bits per heavy atom. The summed E-state index contributed by atoms with van der Waals surface area (Å²) in [6.45, 7) is 0.480. The van der Waals surface area contributed by atoms with E-state index in [4.69, 9.17) is 9.47 Å². The molecule has 1 fully saturated rings. The minimum atomic E-state index is -0.764. The van der Waals surface area contributed by atoms with Crippen molar-refractivity contribution in [3.8, 4) is 0 Å². The first-order valence-corrected chi connectivity index (χ1v) is 7.87. The Morgan fingerprint density at radius 1 is 1.17 bits per heavy atom. The van der Waals surface area contributed by atoms with Crippen LogP contribution in [0.25, 0.3) is 0 Å². The molecule has 1 saturated heterocycles. The fraction of sp³-hybridized carbons (Fsp3) is 0.316. The number of aliphatic hydroxyl groups is 1. The van der Waals surface area contributed by atoms with Crippen LogP contribution in [0.4, 0.5) is 4.39 Å². The molecule has 1 N–H and O–H groups in total. The second-order valence-electron chi connectivity index (χ2n) is 5.83. The zero-order chi connectivity index (χ0) is 16.9. The van der Waals surface area contributed by atoms with Gasteiger partial charge in [0.1, 0.15) is 18.0 Å². The lowest BCUT2D eigenvalue weighted by molar-refractivity contribution is -0.0459. The molecule has 0 amide bonds. The molecular formula is C19H19FO4. The van der Waals surface area contributed by atoms with Crippen molar-refractivity contribution >= 4 is 5.78 Å². The number of rotatable bonds is 6. The first-order chi connectivity index (χ1) is 11.6. The molecule has 1 aliphatic rings. The second kappa shape index (κ2) is 7.66. The normalized spacial score (nSPS) is 23.3. The second-order valence-corrected chi connectivity index (χ2v) is 5.83. The zero-order valence-electron chi connectivity index (χ0n) is 13.1. The quantitative estimate of drug-likeness (QED) is 0.828. The number of carbonyl (C=O) groups is 1. The summed E-state index contributed by atoms with van der Waals surface area (Å²) < 4.78 is 24.2. The number of ether oxygens (including phenoxy) is 2. The molecule has 2 aromatic carbocycles. The largest absolute Gasteiger partial charge is 0.388 e. The van der Waals surface area contributed by atoms with E-state index in [9.17, 15) is 14.3 Å². The molecule has 0 spiro atoms. The van der Waals surface area contributed by atoms with Crippen LogP contribution >= 0.6 is 0 Å². The lowest BCUT2D eigenvalue weighted by atomic mass is 10.0. The molecule has 1 heterocycles. The summed E-state index contributed by atoms with van der Waals surface area (Å²) in [6.07, 6.45) is -1.75. The Balaban J connectivity index is 1.61. The highest BCUT2D eigenvalue weighted by Gasteiger charge is 2.38. The highest BCUT2D eigenvalue weighted by Crippen LogP contribution is 2.23. The van der Waals surface area contributed by atoms with Gasteiger partial charge >= 0.3 is 0 Å². The summed E-state index contributed by atoms with van der Waals surface area (Å²) in [6, 6.07) is 15.0. The molecule has 0 saturated carbocycles. The molecule has 126 valence electrons. The molecule has 1 aliphatic heterocycles. The summed E-state index contributed by atoms with van der Waals surface area (Å²) >= 11 is 0. The zero-order valence-corrected chi connectivity index (χ0v) is 13.1. The minimum Gasteiger partial charge on any atom is -0.388 e. The molecule has 2 aromatic rings. The van der Waals surface area contributed by atoms with Crippen LogP contribution in [0.5, 0.6) is 0 Å². The fourth-order valence-electron chi connectivity index (χ4n) is 2.76. The molecule has 0 aromatic heterocycles. The van der Waals surface area contributed by atoms with Crippen molar-refractivity contribution in [1.82, 2.24) is 0 Å². The number of hydrogen-bond donors (Lipinski definition) is 1. The molecule has 0 radical (unpaired) electrons. The van der Waals surface area contributed by atoms with Gasteiger partial charge in [0, 0.05) is 12.0 Å². The summed E-state index contributed by atoms with van der Waals surface area (Å²) in [5, 5.41) is 10.0. The summed E-state index contributed by atoms with van der Waals surface area (Å²) in [4.78, 5) is 12.3. The lowest BCUT2D eigenvalue weighted by Crippen LogP contribution is -2.34. The predicted molar refractivity (Wildman–Crippen MR) is 86.1 cm³/mol. The van der Waals surface area contributed by atoms with Crippen molar-refractivity contribution in [3.05, 3.63) is 71.5 Å². The first-order valence-electron chi connectivity index (χ1n) is 7.87. The molecule has 0 bridgehead atoms. The van der Waals surface area contributed by atoms with Gasteiger partial charge < -0.3 is 14.6 Å². The average Bonchev–Trinajstić information content (AvgIpc) is 2.94. The maximum Gasteiger partial charge on any atom is 0.165 e. The van der Waals surface area contributed by atoms with Gasteiger partial charge in [-0.3, -0.25) is 4.79 Å². The Hall–Kier alpha value is -2.08. The van der Waals surface area contributed by atoms with E-state index in [0.29, 0.717) is 12.2 Å². The molecule has 3 rings (SSSR count). The predicted octanol–water partition coefficient (Wildman–Crippen LogP) is 2.74. The number of ketones is 1. The molecule has 5 heteroatoms. The van der Waals surface area contributed by atoms with Gasteiger partial charge in [-0.25, -0.2) is 4.39 Å². The molecule has 0 aliphatic carbocycles. The Labute approximate surface area is 139 Å². The van der Waals surface area contributed by atoms with E-state index < -0.39 is 18.3 Å². The van der Waals surface area contributed by atoms with Crippen LogP contribution in [-0.2, 0) is 16.1 Å². The molecule has 4 nitrogen and oxygen atoms in total. The number of carbonyl (C=O) groups excluding carboxylic acids is 1. The van der Waals surface area contributed by atoms with E-state index in [-0.39, 0.29) is 24.6 Å².